The minimum Gasteiger partial charge on any atom is -0.495 e. The lowest BCUT2D eigenvalue weighted by atomic mass is 10.0. The number of rotatable bonds is 8. The predicted octanol–water partition coefficient (Wildman–Crippen LogP) is 6.39. The SMILES string of the molecule is CC(C)=C(C)C1=C(OC=O)C=C(OC(C)CCC2=CCCCCC2)CC=C1.O=CO. The molecule has 2 rings (SSSR count). The van der Waals surface area contributed by atoms with Crippen LogP contribution in [0.4, 0.5) is 0 Å². The van der Waals surface area contributed by atoms with E-state index in [2.05, 4.69) is 32.9 Å². The lowest BCUT2D eigenvalue weighted by Crippen LogP contribution is -2.08. The summed E-state index contributed by atoms with van der Waals surface area (Å²) in [4.78, 5) is 19.3. The van der Waals surface area contributed by atoms with Gasteiger partial charge in [-0.05, 0) is 71.8 Å². The first-order chi connectivity index (χ1) is 14.4. The van der Waals surface area contributed by atoms with Gasteiger partial charge in [-0.2, -0.15) is 0 Å². The second kappa shape index (κ2) is 14.4. The van der Waals surface area contributed by atoms with Crippen molar-refractivity contribution in [2.24, 2.45) is 0 Å². The number of hydrogen-bond acceptors (Lipinski definition) is 4. The maximum atomic E-state index is 11.0. The molecule has 0 aromatic rings. The summed E-state index contributed by atoms with van der Waals surface area (Å²) in [5, 5.41) is 6.89. The van der Waals surface area contributed by atoms with Crippen LogP contribution in [0.3, 0.4) is 0 Å². The van der Waals surface area contributed by atoms with Crippen LogP contribution in [0.1, 0.15) is 79.1 Å². The van der Waals surface area contributed by atoms with Crippen LogP contribution < -0.4 is 0 Å². The van der Waals surface area contributed by atoms with Gasteiger partial charge < -0.3 is 14.6 Å². The number of carbonyl (C=O) groups excluding carboxylic acids is 1. The van der Waals surface area contributed by atoms with Crippen LogP contribution in [-0.4, -0.2) is 24.2 Å². The molecule has 5 heteroatoms. The third-order valence-corrected chi connectivity index (χ3v) is 5.35. The van der Waals surface area contributed by atoms with Gasteiger partial charge in [0, 0.05) is 18.1 Å². The average Bonchev–Trinajstić information content (AvgIpc) is 3.08. The molecule has 0 aromatic carbocycles. The molecule has 0 heterocycles. The molecule has 5 nitrogen and oxygen atoms in total. The van der Waals surface area contributed by atoms with Crippen molar-refractivity contribution < 1.29 is 24.2 Å². The molecule has 1 unspecified atom stereocenters. The first-order valence-electron chi connectivity index (χ1n) is 10.7. The molecule has 0 fully saturated rings. The maximum absolute atomic E-state index is 11.0. The molecular weight excluding hydrogens is 380 g/mol. The highest BCUT2D eigenvalue weighted by Gasteiger charge is 2.15. The van der Waals surface area contributed by atoms with Gasteiger partial charge in [-0.15, -0.1) is 0 Å². The van der Waals surface area contributed by atoms with E-state index in [0.29, 0.717) is 18.7 Å². The highest BCUT2D eigenvalue weighted by Crippen LogP contribution is 2.28. The van der Waals surface area contributed by atoms with Crippen LogP contribution in [0.2, 0.25) is 0 Å². The first-order valence-corrected chi connectivity index (χ1v) is 10.7. The van der Waals surface area contributed by atoms with Crippen LogP contribution in [0.25, 0.3) is 0 Å². The van der Waals surface area contributed by atoms with E-state index < -0.39 is 0 Å². The Morgan fingerprint density at radius 3 is 2.60 bits per heavy atom. The van der Waals surface area contributed by atoms with E-state index in [-0.39, 0.29) is 12.6 Å². The van der Waals surface area contributed by atoms with Crippen LogP contribution in [0, 0.1) is 0 Å². The average molecular weight is 417 g/mol. The van der Waals surface area contributed by atoms with Crippen molar-refractivity contribution in [2.45, 2.75) is 85.2 Å². The Labute approximate surface area is 180 Å². The molecule has 0 saturated carbocycles. The van der Waals surface area contributed by atoms with Gasteiger partial charge in [0.15, 0.2) is 0 Å². The minimum absolute atomic E-state index is 0.136. The van der Waals surface area contributed by atoms with E-state index in [0.717, 1.165) is 29.7 Å². The summed E-state index contributed by atoms with van der Waals surface area (Å²) in [6, 6.07) is 0. The molecule has 0 bridgehead atoms. The van der Waals surface area contributed by atoms with Gasteiger partial charge in [0.25, 0.3) is 12.9 Å². The second-order valence-electron chi connectivity index (χ2n) is 7.87. The van der Waals surface area contributed by atoms with Crippen LogP contribution in [0.5, 0.6) is 0 Å². The van der Waals surface area contributed by atoms with Gasteiger partial charge in [-0.1, -0.05) is 35.8 Å². The molecule has 0 aromatic heterocycles. The minimum atomic E-state index is -0.250. The largest absolute Gasteiger partial charge is 0.495 e. The standard InChI is InChI=1S/C24H34O3.CH2O2/c1-18(2)20(4)23-13-9-12-22(16-24(23)26-17-25)27-19(3)14-15-21-10-7-5-6-8-11-21;2-1-3/h9-10,13,16-17,19H,5-8,11-12,14-15H2,1-4H3;1H,(H,2,3). The van der Waals surface area contributed by atoms with Crippen LogP contribution >= 0.6 is 0 Å². The normalized spacial score (nSPS) is 17.2. The molecule has 0 saturated heterocycles. The molecule has 30 heavy (non-hydrogen) atoms. The van der Waals surface area contributed by atoms with E-state index in [1.807, 2.05) is 19.1 Å². The van der Waals surface area contributed by atoms with Gasteiger partial charge >= 0.3 is 0 Å². The summed E-state index contributed by atoms with van der Waals surface area (Å²) >= 11 is 0. The molecule has 2 aliphatic carbocycles. The second-order valence-corrected chi connectivity index (χ2v) is 7.87. The number of hydrogen-bond donors (Lipinski definition) is 1. The Morgan fingerprint density at radius 1 is 1.20 bits per heavy atom. The molecular formula is C25H36O5. The highest BCUT2D eigenvalue weighted by atomic mass is 16.5. The zero-order chi connectivity index (χ0) is 22.4. The lowest BCUT2D eigenvalue weighted by molar-refractivity contribution is -0.125. The number of ether oxygens (including phenoxy) is 2. The Kier molecular flexibility index (Phi) is 12.3. The predicted molar refractivity (Wildman–Crippen MR) is 120 cm³/mol. The Hall–Kier alpha value is -2.56. The van der Waals surface area contributed by atoms with E-state index >= 15 is 0 Å². The lowest BCUT2D eigenvalue weighted by Gasteiger charge is -2.17. The van der Waals surface area contributed by atoms with Gasteiger partial charge in [0.1, 0.15) is 11.5 Å². The van der Waals surface area contributed by atoms with Gasteiger partial charge in [-0.25, -0.2) is 0 Å². The number of carbonyl (C=O) groups is 2. The van der Waals surface area contributed by atoms with Crippen molar-refractivity contribution in [1.29, 1.82) is 0 Å². The fourth-order valence-corrected chi connectivity index (χ4v) is 3.48. The summed E-state index contributed by atoms with van der Waals surface area (Å²) < 4.78 is 11.5. The topological polar surface area (TPSA) is 72.8 Å². The van der Waals surface area contributed by atoms with Crippen molar-refractivity contribution in [3.05, 3.63) is 58.1 Å². The van der Waals surface area contributed by atoms with Crippen molar-refractivity contribution >= 4 is 12.9 Å². The first kappa shape index (κ1) is 25.5. The monoisotopic (exact) mass is 416 g/mol. The zero-order valence-electron chi connectivity index (χ0n) is 18.8. The quantitative estimate of drug-likeness (QED) is 0.366. The van der Waals surface area contributed by atoms with Crippen LogP contribution in [0.15, 0.2) is 58.1 Å². The Balaban J connectivity index is 0.00000141. The van der Waals surface area contributed by atoms with Gasteiger partial charge in [-0.3, -0.25) is 9.59 Å². The summed E-state index contributed by atoms with van der Waals surface area (Å²) in [6.07, 6.45) is 17.8. The highest BCUT2D eigenvalue weighted by molar-refractivity contribution is 5.52. The number of carboxylic acid groups (broad SMARTS) is 1. The van der Waals surface area contributed by atoms with E-state index in [4.69, 9.17) is 19.4 Å². The van der Waals surface area contributed by atoms with Crippen molar-refractivity contribution in [2.75, 3.05) is 0 Å². The molecule has 0 spiro atoms. The zero-order valence-corrected chi connectivity index (χ0v) is 18.8. The smallest absolute Gasteiger partial charge is 0.298 e. The molecule has 2 aliphatic rings. The fourth-order valence-electron chi connectivity index (χ4n) is 3.48. The van der Waals surface area contributed by atoms with E-state index in [1.54, 1.807) is 5.57 Å². The molecule has 0 amide bonds. The van der Waals surface area contributed by atoms with Gasteiger partial charge in [0.05, 0.1) is 6.10 Å². The van der Waals surface area contributed by atoms with Crippen molar-refractivity contribution in [3.8, 4) is 0 Å². The Morgan fingerprint density at radius 2 is 1.93 bits per heavy atom. The van der Waals surface area contributed by atoms with Crippen molar-refractivity contribution in [3.63, 3.8) is 0 Å². The summed E-state index contributed by atoms with van der Waals surface area (Å²) in [7, 11) is 0. The maximum Gasteiger partial charge on any atom is 0.298 e. The fraction of sp³-hybridized carbons (Fsp3) is 0.520. The van der Waals surface area contributed by atoms with Crippen molar-refractivity contribution in [1.82, 2.24) is 0 Å². The van der Waals surface area contributed by atoms with E-state index in [9.17, 15) is 4.79 Å². The summed E-state index contributed by atoms with van der Waals surface area (Å²) in [5.74, 6) is 1.41. The molecule has 1 atom stereocenters. The third-order valence-electron chi connectivity index (χ3n) is 5.35. The van der Waals surface area contributed by atoms with Crippen LogP contribution in [-0.2, 0) is 19.1 Å². The third kappa shape index (κ3) is 9.29. The molecule has 166 valence electrons. The van der Waals surface area contributed by atoms with E-state index in [1.165, 1.54) is 37.7 Å². The summed E-state index contributed by atoms with van der Waals surface area (Å²) in [6.45, 7) is 8.53. The molecule has 0 radical (unpaired) electrons. The Bertz CT molecular complexity index is 718. The summed E-state index contributed by atoms with van der Waals surface area (Å²) in [5.41, 5.74) is 4.85. The van der Waals surface area contributed by atoms with Gasteiger partial charge in [0.2, 0.25) is 0 Å². The molecule has 1 N–H and O–H groups in total. The number of allylic oxidation sites excluding steroid dienone is 8. The molecule has 0 aliphatic heterocycles.